The molecule has 1 aromatic carbocycles. The van der Waals surface area contributed by atoms with E-state index in [1.807, 2.05) is 32.1 Å². The Balaban J connectivity index is 0.00000204. The number of nitrogens with one attached hydrogen (secondary N) is 1. The first-order valence-corrected chi connectivity index (χ1v) is 8.92. The Hall–Kier alpha value is -3.40. The maximum absolute atomic E-state index is 13.8. The minimum absolute atomic E-state index is 0.188. The minimum Gasteiger partial charge on any atom is -0.497 e. The van der Waals surface area contributed by atoms with Crippen LogP contribution >= 0.6 is 0 Å². The first kappa shape index (κ1) is 23.6. The van der Waals surface area contributed by atoms with Gasteiger partial charge >= 0.3 is 5.56 Å². The molecule has 1 N–H and O–H groups in total. The van der Waals surface area contributed by atoms with E-state index < -0.39 is 18.1 Å². The van der Waals surface area contributed by atoms with E-state index >= 15 is 0 Å². The van der Waals surface area contributed by atoms with Crippen LogP contribution in [0.3, 0.4) is 0 Å². The standard InChI is InChI=1S/C20H23F2N3O2.C2H2/c1-4-6-15(7-5-10-21)12-25-13-17(22)19(26)24-20(25)23-18-11-16(27-3)9-8-14(18)2;1-2/h5-9,11,13H,4,10,12H2,1-3H3,(H,23,24,26);1-2H/b7-5-,15-6+;. The number of nitrogens with zero attached hydrogens (tertiary/aromatic N) is 2. The van der Waals surface area contributed by atoms with Crippen molar-refractivity contribution < 1.29 is 13.5 Å². The van der Waals surface area contributed by atoms with Gasteiger partial charge in [0.05, 0.1) is 13.7 Å². The maximum Gasteiger partial charge on any atom is 0.310 e. The van der Waals surface area contributed by atoms with Crippen molar-refractivity contribution in [3.8, 4) is 18.6 Å². The summed E-state index contributed by atoms with van der Waals surface area (Å²) in [5.41, 5.74) is 1.42. The second kappa shape index (κ2) is 12.1. The number of aromatic nitrogens is 2. The van der Waals surface area contributed by atoms with Crippen LogP contribution in [0, 0.1) is 25.6 Å². The van der Waals surface area contributed by atoms with E-state index in [2.05, 4.69) is 23.1 Å². The van der Waals surface area contributed by atoms with E-state index in [1.165, 1.54) is 10.6 Å². The number of hydrogen-bond acceptors (Lipinski definition) is 4. The van der Waals surface area contributed by atoms with Crippen molar-refractivity contribution in [3.05, 3.63) is 69.9 Å². The second-order valence-electron chi connectivity index (χ2n) is 5.90. The SMILES string of the molecule is C#C.CC/C=C(\C=C/CF)Cn1cc(F)c(=O)nc1Nc1cc(OC)ccc1C. The molecule has 0 aliphatic heterocycles. The summed E-state index contributed by atoms with van der Waals surface area (Å²) >= 11 is 0. The van der Waals surface area contributed by atoms with Gasteiger partial charge in [0.2, 0.25) is 11.8 Å². The van der Waals surface area contributed by atoms with Crippen LogP contribution in [0.4, 0.5) is 20.4 Å². The molecule has 1 heterocycles. The Morgan fingerprint density at radius 2 is 2.10 bits per heavy atom. The molecule has 2 rings (SSSR count). The van der Waals surface area contributed by atoms with E-state index in [0.29, 0.717) is 11.4 Å². The predicted octanol–water partition coefficient (Wildman–Crippen LogP) is 4.55. The number of methoxy groups -OCH3 is 1. The van der Waals surface area contributed by atoms with Crippen molar-refractivity contribution in [1.82, 2.24) is 9.55 Å². The zero-order valence-corrected chi connectivity index (χ0v) is 16.8. The Morgan fingerprint density at radius 1 is 1.38 bits per heavy atom. The van der Waals surface area contributed by atoms with Gasteiger partial charge < -0.3 is 14.6 Å². The molecule has 0 radical (unpaired) electrons. The molecule has 0 atom stereocenters. The molecule has 0 amide bonds. The average molecular weight is 401 g/mol. The second-order valence-corrected chi connectivity index (χ2v) is 5.90. The molecule has 2 aromatic rings. The normalized spacial score (nSPS) is 11.1. The third-order valence-corrected chi connectivity index (χ3v) is 3.88. The third kappa shape index (κ3) is 6.92. The average Bonchev–Trinajstić information content (AvgIpc) is 2.73. The van der Waals surface area contributed by atoms with Gasteiger partial charge in [-0.1, -0.05) is 31.2 Å². The van der Waals surface area contributed by atoms with Crippen LogP contribution in [0.5, 0.6) is 5.75 Å². The van der Waals surface area contributed by atoms with Crippen LogP contribution < -0.4 is 15.6 Å². The Bertz CT molecular complexity index is 947. The van der Waals surface area contributed by atoms with Gasteiger partial charge in [-0.15, -0.1) is 12.8 Å². The lowest BCUT2D eigenvalue weighted by Gasteiger charge is -2.16. The quantitative estimate of drug-likeness (QED) is 0.521. The summed E-state index contributed by atoms with van der Waals surface area (Å²) in [5, 5.41) is 3.07. The summed E-state index contributed by atoms with van der Waals surface area (Å²) < 4.78 is 33.0. The molecular formula is C22H25F2N3O2. The molecule has 0 saturated carbocycles. The monoisotopic (exact) mass is 401 g/mol. The van der Waals surface area contributed by atoms with E-state index in [4.69, 9.17) is 4.74 Å². The Kier molecular flexibility index (Phi) is 9.89. The molecule has 0 fully saturated rings. The van der Waals surface area contributed by atoms with Gasteiger partial charge in [-0.2, -0.15) is 9.37 Å². The number of anilines is 2. The molecule has 0 unspecified atom stereocenters. The molecule has 29 heavy (non-hydrogen) atoms. The van der Waals surface area contributed by atoms with E-state index in [0.717, 1.165) is 23.8 Å². The largest absolute Gasteiger partial charge is 0.497 e. The number of rotatable bonds is 8. The molecule has 0 spiro atoms. The van der Waals surface area contributed by atoms with Crippen LogP contribution in [0.1, 0.15) is 18.9 Å². The van der Waals surface area contributed by atoms with E-state index in [-0.39, 0.29) is 12.5 Å². The van der Waals surface area contributed by atoms with Gasteiger partial charge in [-0.05, 0) is 30.5 Å². The smallest absolute Gasteiger partial charge is 0.310 e. The minimum atomic E-state index is -0.951. The number of halogens is 2. The van der Waals surface area contributed by atoms with Crippen LogP contribution in [-0.4, -0.2) is 23.3 Å². The summed E-state index contributed by atoms with van der Waals surface area (Å²) in [6.07, 6.45) is 14.8. The van der Waals surface area contributed by atoms with E-state index in [9.17, 15) is 13.6 Å². The van der Waals surface area contributed by atoms with E-state index in [1.54, 1.807) is 19.3 Å². The predicted molar refractivity (Wildman–Crippen MR) is 113 cm³/mol. The molecular weight excluding hydrogens is 376 g/mol. The zero-order chi connectivity index (χ0) is 21.8. The van der Waals surface area contributed by atoms with Crippen molar-refractivity contribution in [1.29, 1.82) is 0 Å². The zero-order valence-electron chi connectivity index (χ0n) is 16.8. The highest BCUT2D eigenvalue weighted by atomic mass is 19.1. The lowest BCUT2D eigenvalue weighted by molar-refractivity contribution is 0.415. The number of hydrogen-bond donors (Lipinski definition) is 1. The highest BCUT2D eigenvalue weighted by Gasteiger charge is 2.11. The molecule has 0 bridgehead atoms. The number of aryl methyl sites for hydroxylation is 1. The molecule has 0 aliphatic carbocycles. The van der Waals surface area contributed by atoms with Gasteiger partial charge in [0.15, 0.2) is 0 Å². The van der Waals surface area contributed by atoms with Gasteiger partial charge in [0, 0.05) is 18.0 Å². The first-order chi connectivity index (χ1) is 14.0. The Labute approximate surface area is 169 Å². The van der Waals surface area contributed by atoms with Crippen LogP contribution in [0.2, 0.25) is 0 Å². The molecule has 1 aromatic heterocycles. The maximum atomic E-state index is 13.8. The number of alkyl halides is 1. The fourth-order valence-electron chi connectivity index (χ4n) is 2.51. The topological polar surface area (TPSA) is 56.2 Å². The van der Waals surface area contributed by atoms with Crippen molar-refractivity contribution >= 4 is 11.6 Å². The summed E-state index contributed by atoms with van der Waals surface area (Å²) in [4.78, 5) is 15.5. The van der Waals surface area contributed by atoms with Crippen molar-refractivity contribution in [2.45, 2.75) is 26.8 Å². The van der Waals surface area contributed by atoms with Crippen molar-refractivity contribution in [3.63, 3.8) is 0 Å². The summed E-state index contributed by atoms with van der Waals surface area (Å²) in [5.74, 6) is -0.127. The molecule has 154 valence electrons. The molecule has 7 heteroatoms. The van der Waals surface area contributed by atoms with Gasteiger partial charge in [-0.25, -0.2) is 4.39 Å². The highest BCUT2D eigenvalue weighted by Crippen LogP contribution is 2.24. The molecule has 0 saturated heterocycles. The summed E-state index contributed by atoms with van der Waals surface area (Å²) in [6.45, 7) is 3.48. The van der Waals surface area contributed by atoms with Gasteiger partial charge in [-0.3, -0.25) is 4.79 Å². The third-order valence-electron chi connectivity index (χ3n) is 3.88. The highest BCUT2D eigenvalue weighted by molar-refractivity contribution is 5.61. The Morgan fingerprint density at radius 3 is 2.72 bits per heavy atom. The molecule has 0 aliphatic rings. The number of ether oxygens (including phenoxy) is 1. The summed E-state index contributed by atoms with van der Waals surface area (Å²) in [7, 11) is 1.56. The molecule has 5 nitrogen and oxygen atoms in total. The van der Waals surface area contributed by atoms with Crippen LogP contribution in [0.15, 0.2) is 53.0 Å². The fourth-order valence-corrected chi connectivity index (χ4v) is 2.51. The van der Waals surface area contributed by atoms with Crippen molar-refractivity contribution in [2.24, 2.45) is 0 Å². The lowest BCUT2D eigenvalue weighted by Crippen LogP contribution is -2.20. The number of terminal acetylenes is 1. The van der Waals surface area contributed by atoms with Crippen molar-refractivity contribution in [2.75, 3.05) is 19.1 Å². The first-order valence-electron chi connectivity index (χ1n) is 8.92. The van der Waals surface area contributed by atoms with Gasteiger partial charge in [0.25, 0.3) is 0 Å². The lowest BCUT2D eigenvalue weighted by atomic mass is 10.2. The number of benzene rings is 1. The van der Waals surface area contributed by atoms with Crippen LogP contribution in [-0.2, 0) is 6.54 Å². The van der Waals surface area contributed by atoms with Gasteiger partial charge in [0.1, 0.15) is 12.4 Å². The number of allylic oxidation sites excluding steroid dienone is 4. The van der Waals surface area contributed by atoms with Crippen LogP contribution in [0.25, 0.3) is 0 Å². The summed E-state index contributed by atoms with van der Waals surface area (Å²) in [6, 6.07) is 5.44. The fraction of sp³-hybridized carbons (Fsp3) is 0.273.